The lowest BCUT2D eigenvalue weighted by atomic mass is 9.91. The molecule has 1 aliphatic carbocycles. The molecule has 3 aromatic rings. The highest BCUT2D eigenvalue weighted by atomic mass is 35.5. The van der Waals surface area contributed by atoms with Crippen molar-refractivity contribution in [1.82, 2.24) is 14.9 Å². The van der Waals surface area contributed by atoms with Crippen molar-refractivity contribution in [2.24, 2.45) is 0 Å². The molecule has 1 N–H and O–H groups in total. The van der Waals surface area contributed by atoms with E-state index in [4.69, 9.17) is 16.6 Å². The average Bonchev–Trinajstić information content (AvgIpc) is 3.54. The Hall–Kier alpha value is -2.70. The molecular weight excluding hydrogens is 425 g/mol. The van der Waals surface area contributed by atoms with Gasteiger partial charge in [-0.3, -0.25) is 0 Å². The maximum absolute atomic E-state index is 13.6. The Bertz CT molecular complexity index is 1210. The van der Waals surface area contributed by atoms with Gasteiger partial charge in [0.1, 0.15) is 10.8 Å². The fraction of sp³-hybridized carbons (Fsp3) is 0.360. The largest absolute Gasteiger partial charge is 0.324 e. The van der Waals surface area contributed by atoms with E-state index in [0.717, 1.165) is 42.9 Å². The van der Waals surface area contributed by atoms with Crippen molar-refractivity contribution in [1.29, 1.82) is 0 Å². The van der Waals surface area contributed by atoms with E-state index in [1.807, 2.05) is 4.90 Å². The minimum atomic E-state index is -0.216. The van der Waals surface area contributed by atoms with E-state index >= 15 is 0 Å². The Balaban J connectivity index is 1.33. The zero-order valence-corrected chi connectivity index (χ0v) is 18.8. The first-order chi connectivity index (χ1) is 15.5. The number of aromatic nitrogens is 2. The minimum Gasteiger partial charge on any atom is -0.324 e. The summed E-state index contributed by atoms with van der Waals surface area (Å²) in [5.41, 5.74) is 7.37. The highest BCUT2D eigenvalue weighted by Gasteiger charge is 2.29. The van der Waals surface area contributed by atoms with Gasteiger partial charge in [0.2, 0.25) is 5.95 Å². The first-order valence-electron chi connectivity index (χ1n) is 11.2. The lowest BCUT2D eigenvalue weighted by Crippen LogP contribution is -2.27. The van der Waals surface area contributed by atoms with Gasteiger partial charge in [0, 0.05) is 31.0 Å². The second-order valence-electron chi connectivity index (χ2n) is 9.13. The van der Waals surface area contributed by atoms with Crippen LogP contribution in [-0.4, -0.2) is 35.0 Å². The van der Waals surface area contributed by atoms with Crippen LogP contribution in [0.15, 0.2) is 36.5 Å². The van der Waals surface area contributed by atoms with Crippen molar-refractivity contribution in [3.05, 3.63) is 69.6 Å². The predicted molar refractivity (Wildman–Crippen MR) is 126 cm³/mol. The molecule has 7 heteroatoms. The zero-order chi connectivity index (χ0) is 21.8. The van der Waals surface area contributed by atoms with E-state index < -0.39 is 0 Å². The first-order valence-corrected chi connectivity index (χ1v) is 11.6. The Labute approximate surface area is 192 Å². The van der Waals surface area contributed by atoms with Gasteiger partial charge in [-0.25, -0.2) is 9.37 Å². The second kappa shape index (κ2) is 7.71. The van der Waals surface area contributed by atoms with Gasteiger partial charge in [0.25, 0.3) is 0 Å². The maximum Gasteiger partial charge on any atom is 0.229 e. The third-order valence-electron chi connectivity index (χ3n) is 6.75. The van der Waals surface area contributed by atoms with Crippen LogP contribution >= 0.6 is 11.6 Å². The molecule has 2 aliphatic heterocycles. The van der Waals surface area contributed by atoms with Gasteiger partial charge in [-0.1, -0.05) is 11.6 Å². The molecule has 1 aromatic heterocycles. The van der Waals surface area contributed by atoms with Crippen molar-refractivity contribution < 1.29 is 4.39 Å². The summed E-state index contributed by atoms with van der Waals surface area (Å²) >= 11 is 6.49. The van der Waals surface area contributed by atoms with Crippen molar-refractivity contribution >= 4 is 34.7 Å². The van der Waals surface area contributed by atoms with Crippen molar-refractivity contribution in [2.75, 3.05) is 30.4 Å². The molecule has 0 spiro atoms. The average molecular weight is 450 g/mol. The molecule has 0 bridgehead atoms. The van der Waals surface area contributed by atoms with Gasteiger partial charge in [0.15, 0.2) is 5.82 Å². The Kier molecular flexibility index (Phi) is 4.81. The van der Waals surface area contributed by atoms with Crippen LogP contribution in [0.2, 0.25) is 5.02 Å². The van der Waals surface area contributed by atoms with Crippen molar-refractivity contribution in [3.63, 3.8) is 0 Å². The number of nitrogens with zero attached hydrogens (tertiary/aromatic N) is 4. The SMILES string of the molecule is CN1CCc2c(cc(Nc3ncc(Cl)c(N4CCc5cc(F)ccc54)n3)cc2C2CC2)C1. The number of rotatable bonds is 4. The van der Waals surface area contributed by atoms with Crippen LogP contribution in [0.4, 0.5) is 27.5 Å². The summed E-state index contributed by atoms with van der Waals surface area (Å²) in [6.07, 6.45) is 6.08. The van der Waals surface area contributed by atoms with Crippen LogP contribution < -0.4 is 10.2 Å². The molecule has 3 heterocycles. The molecule has 0 radical (unpaired) electrons. The van der Waals surface area contributed by atoms with Crippen LogP contribution in [0.3, 0.4) is 0 Å². The van der Waals surface area contributed by atoms with Gasteiger partial charge < -0.3 is 15.1 Å². The molecule has 0 saturated heterocycles. The summed E-state index contributed by atoms with van der Waals surface area (Å²) in [6.45, 7) is 2.80. The summed E-state index contributed by atoms with van der Waals surface area (Å²) < 4.78 is 13.6. The number of halogens is 2. The quantitative estimate of drug-likeness (QED) is 0.564. The molecule has 164 valence electrons. The number of benzene rings is 2. The molecule has 6 rings (SSSR count). The lowest BCUT2D eigenvalue weighted by Gasteiger charge is -2.28. The number of hydrogen-bond donors (Lipinski definition) is 1. The fourth-order valence-corrected chi connectivity index (χ4v) is 5.23. The number of nitrogens with one attached hydrogen (secondary N) is 1. The van der Waals surface area contributed by atoms with Crippen LogP contribution in [0, 0.1) is 5.82 Å². The second-order valence-corrected chi connectivity index (χ2v) is 9.54. The fourth-order valence-electron chi connectivity index (χ4n) is 5.03. The normalized spacial score (nSPS) is 17.9. The highest BCUT2D eigenvalue weighted by Crippen LogP contribution is 2.45. The number of anilines is 4. The van der Waals surface area contributed by atoms with E-state index in [-0.39, 0.29) is 5.82 Å². The third-order valence-corrected chi connectivity index (χ3v) is 7.02. The molecule has 32 heavy (non-hydrogen) atoms. The summed E-state index contributed by atoms with van der Waals surface area (Å²) in [5.74, 6) is 1.64. The van der Waals surface area contributed by atoms with Crippen molar-refractivity contribution in [3.8, 4) is 0 Å². The molecule has 3 aliphatic rings. The third kappa shape index (κ3) is 3.61. The maximum atomic E-state index is 13.6. The number of hydrogen-bond acceptors (Lipinski definition) is 5. The number of fused-ring (bicyclic) bond motifs is 2. The Morgan fingerprint density at radius 3 is 2.81 bits per heavy atom. The first kappa shape index (κ1) is 19.9. The molecular formula is C25H25ClFN5. The minimum absolute atomic E-state index is 0.216. The molecule has 1 saturated carbocycles. The Morgan fingerprint density at radius 2 is 1.97 bits per heavy atom. The molecule has 2 aromatic carbocycles. The van der Waals surface area contributed by atoms with E-state index in [2.05, 4.69) is 34.4 Å². The molecule has 0 atom stereocenters. The Morgan fingerprint density at radius 1 is 1.09 bits per heavy atom. The summed E-state index contributed by atoms with van der Waals surface area (Å²) in [5, 5.41) is 3.91. The zero-order valence-electron chi connectivity index (χ0n) is 18.0. The highest BCUT2D eigenvalue weighted by molar-refractivity contribution is 6.33. The summed E-state index contributed by atoms with van der Waals surface area (Å²) in [4.78, 5) is 13.6. The van der Waals surface area contributed by atoms with Gasteiger partial charge in [-0.15, -0.1) is 0 Å². The van der Waals surface area contributed by atoms with E-state index in [1.165, 1.54) is 35.6 Å². The number of likely N-dealkylation sites (N-methyl/N-ethyl adjacent to an activating group) is 1. The summed E-state index contributed by atoms with van der Waals surface area (Å²) in [6, 6.07) is 9.39. The van der Waals surface area contributed by atoms with Gasteiger partial charge in [0.05, 0.1) is 6.20 Å². The molecule has 5 nitrogen and oxygen atoms in total. The van der Waals surface area contributed by atoms with Crippen LogP contribution in [0.25, 0.3) is 0 Å². The van der Waals surface area contributed by atoms with Crippen LogP contribution in [0.5, 0.6) is 0 Å². The van der Waals surface area contributed by atoms with Crippen LogP contribution in [-0.2, 0) is 19.4 Å². The van der Waals surface area contributed by atoms with E-state index in [9.17, 15) is 4.39 Å². The van der Waals surface area contributed by atoms with Gasteiger partial charge >= 0.3 is 0 Å². The molecule has 1 fully saturated rings. The smallest absolute Gasteiger partial charge is 0.229 e. The standard InChI is InChI=1S/C25H25ClFN5/c1-31-8-7-20-17(14-31)11-19(12-21(20)15-2-3-15)29-25-28-13-22(26)24(30-25)32-9-6-16-10-18(27)4-5-23(16)32/h4-5,10-13,15H,2-3,6-9,14H2,1H3,(H,28,29,30). The van der Waals surface area contributed by atoms with Gasteiger partial charge in [-0.05, 0) is 91.2 Å². The molecule has 0 unspecified atom stereocenters. The monoisotopic (exact) mass is 449 g/mol. The predicted octanol–water partition coefficient (Wildman–Crippen LogP) is 5.57. The van der Waals surface area contributed by atoms with E-state index in [1.54, 1.807) is 18.3 Å². The summed E-state index contributed by atoms with van der Waals surface area (Å²) in [7, 11) is 2.17. The topological polar surface area (TPSA) is 44.3 Å². The molecule has 0 amide bonds. The van der Waals surface area contributed by atoms with Crippen LogP contribution in [0.1, 0.15) is 41.0 Å². The lowest BCUT2D eigenvalue weighted by molar-refractivity contribution is 0.312. The van der Waals surface area contributed by atoms with E-state index in [0.29, 0.717) is 29.3 Å². The van der Waals surface area contributed by atoms with Gasteiger partial charge in [-0.2, -0.15) is 4.98 Å². The van der Waals surface area contributed by atoms with Crippen molar-refractivity contribution in [2.45, 2.75) is 38.1 Å².